The van der Waals surface area contributed by atoms with Crippen molar-refractivity contribution in [2.45, 2.75) is 20.4 Å². The van der Waals surface area contributed by atoms with Crippen molar-refractivity contribution in [2.75, 3.05) is 11.9 Å². The van der Waals surface area contributed by atoms with E-state index in [1.807, 2.05) is 48.0 Å². The highest BCUT2D eigenvalue weighted by atomic mass is 35.5. The van der Waals surface area contributed by atoms with Crippen LogP contribution in [0.5, 0.6) is 5.75 Å². The molecule has 0 bridgehead atoms. The van der Waals surface area contributed by atoms with Gasteiger partial charge < -0.3 is 19.1 Å². The molecule has 0 fully saturated rings. The van der Waals surface area contributed by atoms with E-state index in [2.05, 4.69) is 10.5 Å². The number of nitrogens with one attached hydrogen (secondary N) is 1. The summed E-state index contributed by atoms with van der Waals surface area (Å²) >= 11 is 6.02. The maximum absolute atomic E-state index is 12.3. The molecule has 1 N–H and O–H groups in total. The number of ether oxygens (including phenoxy) is 1. The van der Waals surface area contributed by atoms with Crippen molar-refractivity contribution in [2.24, 2.45) is 0 Å². The Morgan fingerprint density at radius 1 is 1.38 bits per heavy atom. The van der Waals surface area contributed by atoms with E-state index in [1.165, 1.54) is 6.08 Å². The Labute approximate surface area is 173 Å². The Hall–Kier alpha value is -3.50. The number of benzene rings is 1. The summed E-state index contributed by atoms with van der Waals surface area (Å²) in [6.07, 6.45) is 3.38. The van der Waals surface area contributed by atoms with Crippen molar-refractivity contribution in [3.8, 4) is 11.8 Å². The number of aromatic nitrogens is 2. The lowest BCUT2D eigenvalue weighted by molar-refractivity contribution is -0.112. The van der Waals surface area contributed by atoms with Crippen molar-refractivity contribution < 1.29 is 14.1 Å². The van der Waals surface area contributed by atoms with Crippen LogP contribution in [0.25, 0.3) is 6.08 Å². The number of carbonyl (C=O) groups is 1. The van der Waals surface area contributed by atoms with Crippen molar-refractivity contribution in [1.29, 1.82) is 5.26 Å². The zero-order chi connectivity index (χ0) is 20.8. The van der Waals surface area contributed by atoms with Crippen LogP contribution in [0.3, 0.4) is 0 Å². The summed E-state index contributed by atoms with van der Waals surface area (Å²) in [6, 6.07) is 12.6. The first-order chi connectivity index (χ1) is 14.0. The maximum Gasteiger partial charge on any atom is 0.267 e. The van der Waals surface area contributed by atoms with Gasteiger partial charge in [-0.25, -0.2) is 0 Å². The highest BCUT2D eigenvalue weighted by molar-refractivity contribution is 6.31. The fourth-order valence-electron chi connectivity index (χ4n) is 2.64. The highest BCUT2D eigenvalue weighted by Gasteiger charge is 2.13. The van der Waals surface area contributed by atoms with Gasteiger partial charge in [-0.3, -0.25) is 4.79 Å². The summed E-state index contributed by atoms with van der Waals surface area (Å²) in [7, 11) is 0. The van der Waals surface area contributed by atoms with Gasteiger partial charge in [-0.2, -0.15) is 5.26 Å². The molecular weight excluding hydrogens is 392 g/mol. The number of anilines is 1. The Morgan fingerprint density at radius 3 is 2.90 bits per heavy atom. The van der Waals surface area contributed by atoms with E-state index in [9.17, 15) is 10.1 Å². The van der Waals surface area contributed by atoms with Crippen LogP contribution in [0.1, 0.15) is 17.0 Å². The fraction of sp³-hybridized carbons (Fsp3) is 0.190. The predicted molar refractivity (Wildman–Crippen MR) is 110 cm³/mol. The minimum atomic E-state index is -0.554. The van der Waals surface area contributed by atoms with E-state index < -0.39 is 5.91 Å². The van der Waals surface area contributed by atoms with Crippen molar-refractivity contribution >= 4 is 29.4 Å². The smallest absolute Gasteiger partial charge is 0.267 e. The lowest BCUT2D eigenvalue weighted by Gasteiger charge is -2.10. The fourth-order valence-corrected chi connectivity index (χ4v) is 2.75. The van der Waals surface area contributed by atoms with Crippen molar-refractivity contribution in [3.05, 3.63) is 70.2 Å². The summed E-state index contributed by atoms with van der Waals surface area (Å²) in [6.45, 7) is 4.59. The predicted octanol–water partition coefficient (Wildman–Crippen LogP) is 4.37. The minimum Gasteiger partial charge on any atom is -0.492 e. The van der Waals surface area contributed by atoms with Gasteiger partial charge in [0, 0.05) is 23.0 Å². The third-order valence-corrected chi connectivity index (χ3v) is 4.55. The zero-order valence-corrected chi connectivity index (χ0v) is 16.7. The zero-order valence-electron chi connectivity index (χ0n) is 16.0. The molecule has 3 rings (SSSR count). The number of amides is 1. The summed E-state index contributed by atoms with van der Waals surface area (Å²) in [5.41, 5.74) is 1.62. The SMILES string of the molecule is Cc1cc(NC(=O)/C(C#N)=C\c2cccn2CCOc2ccc(Cl)c(C)c2)no1. The molecule has 0 saturated carbocycles. The van der Waals surface area contributed by atoms with Gasteiger partial charge in [0.05, 0.1) is 6.54 Å². The molecule has 0 aliphatic rings. The van der Waals surface area contributed by atoms with Gasteiger partial charge in [-0.05, 0) is 55.8 Å². The van der Waals surface area contributed by atoms with Gasteiger partial charge in [0.2, 0.25) is 0 Å². The number of halogens is 1. The molecule has 1 aromatic carbocycles. The third kappa shape index (κ3) is 5.27. The molecule has 0 aliphatic heterocycles. The number of hydrogen-bond donors (Lipinski definition) is 1. The third-order valence-electron chi connectivity index (χ3n) is 4.12. The van der Waals surface area contributed by atoms with Crippen LogP contribution in [-0.2, 0) is 11.3 Å². The molecule has 0 unspecified atom stereocenters. The van der Waals surface area contributed by atoms with Gasteiger partial charge in [-0.15, -0.1) is 0 Å². The highest BCUT2D eigenvalue weighted by Crippen LogP contribution is 2.21. The Balaban J connectivity index is 1.65. The van der Waals surface area contributed by atoms with Crippen LogP contribution in [0, 0.1) is 25.2 Å². The summed E-state index contributed by atoms with van der Waals surface area (Å²) in [4.78, 5) is 12.3. The molecule has 0 aliphatic carbocycles. The number of aryl methyl sites for hydroxylation is 2. The Morgan fingerprint density at radius 2 is 2.21 bits per heavy atom. The van der Waals surface area contributed by atoms with E-state index in [1.54, 1.807) is 19.1 Å². The molecule has 148 valence electrons. The van der Waals surface area contributed by atoms with E-state index in [4.69, 9.17) is 20.9 Å². The van der Waals surface area contributed by atoms with Crippen LogP contribution < -0.4 is 10.1 Å². The van der Waals surface area contributed by atoms with Gasteiger partial charge in [0.15, 0.2) is 5.82 Å². The second-order valence-corrected chi connectivity index (χ2v) is 6.74. The molecule has 29 heavy (non-hydrogen) atoms. The van der Waals surface area contributed by atoms with Gasteiger partial charge in [0.1, 0.15) is 29.8 Å². The van der Waals surface area contributed by atoms with Crippen LogP contribution in [0.4, 0.5) is 5.82 Å². The van der Waals surface area contributed by atoms with Gasteiger partial charge >= 0.3 is 0 Å². The molecule has 0 atom stereocenters. The number of hydrogen-bond acceptors (Lipinski definition) is 5. The molecule has 0 radical (unpaired) electrons. The molecule has 2 heterocycles. The van der Waals surface area contributed by atoms with Crippen molar-refractivity contribution in [3.63, 3.8) is 0 Å². The first kappa shape index (κ1) is 20.2. The topological polar surface area (TPSA) is 93.1 Å². The molecule has 3 aromatic rings. The lowest BCUT2D eigenvalue weighted by Crippen LogP contribution is -2.14. The molecule has 1 amide bonds. The normalized spacial score (nSPS) is 11.2. The van der Waals surface area contributed by atoms with Gasteiger partial charge in [0.25, 0.3) is 5.91 Å². The molecule has 8 heteroatoms. The number of carbonyl (C=O) groups excluding carboxylic acids is 1. The maximum atomic E-state index is 12.3. The number of nitriles is 1. The van der Waals surface area contributed by atoms with E-state index in [-0.39, 0.29) is 11.4 Å². The van der Waals surface area contributed by atoms with Crippen molar-refractivity contribution in [1.82, 2.24) is 9.72 Å². The van der Waals surface area contributed by atoms with E-state index >= 15 is 0 Å². The van der Waals surface area contributed by atoms with Crippen LogP contribution in [0.2, 0.25) is 5.02 Å². The molecule has 2 aromatic heterocycles. The Kier molecular flexibility index (Phi) is 6.37. The number of nitrogens with zero attached hydrogens (tertiary/aromatic N) is 3. The van der Waals surface area contributed by atoms with E-state index in [0.29, 0.717) is 29.6 Å². The second kappa shape index (κ2) is 9.13. The summed E-state index contributed by atoms with van der Waals surface area (Å²) < 4.78 is 12.6. The second-order valence-electron chi connectivity index (χ2n) is 6.33. The molecular formula is C21H19ClN4O3. The molecule has 0 spiro atoms. The number of rotatable bonds is 7. The van der Waals surface area contributed by atoms with Crippen LogP contribution in [-0.4, -0.2) is 22.2 Å². The molecule has 0 saturated heterocycles. The van der Waals surface area contributed by atoms with Gasteiger partial charge in [-0.1, -0.05) is 16.8 Å². The average molecular weight is 411 g/mol. The summed E-state index contributed by atoms with van der Waals surface area (Å²) in [5, 5.41) is 16.3. The molecule has 7 nitrogen and oxygen atoms in total. The quantitative estimate of drug-likeness (QED) is 0.461. The Bertz CT molecular complexity index is 1090. The standard InChI is InChI=1S/C21H19ClN4O3/c1-14-10-18(5-6-19(14)22)28-9-8-26-7-3-4-17(26)12-16(13-23)21(27)24-20-11-15(2)29-25-20/h3-7,10-12H,8-9H2,1-2H3,(H,24,25,27)/b16-12-. The first-order valence-corrected chi connectivity index (χ1v) is 9.24. The first-order valence-electron chi connectivity index (χ1n) is 8.87. The average Bonchev–Trinajstić information content (AvgIpc) is 3.31. The monoisotopic (exact) mass is 410 g/mol. The van der Waals surface area contributed by atoms with E-state index in [0.717, 1.165) is 11.3 Å². The summed E-state index contributed by atoms with van der Waals surface area (Å²) in [5.74, 6) is 1.00. The van der Waals surface area contributed by atoms with Crippen LogP contribution in [0.15, 0.2) is 52.7 Å². The van der Waals surface area contributed by atoms with Crippen LogP contribution >= 0.6 is 11.6 Å². The minimum absolute atomic E-state index is 0.0418. The lowest BCUT2D eigenvalue weighted by atomic mass is 10.2. The largest absolute Gasteiger partial charge is 0.492 e.